The molecule has 0 radical (unpaired) electrons. The molecule has 1 N–H and O–H groups in total. The van der Waals surface area contributed by atoms with E-state index in [1.54, 1.807) is 36.7 Å². The first kappa shape index (κ1) is 21.4. The van der Waals surface area contributed by atoms with Crippen molar-refractivity contribution in [3.05, 3.63) is 47.8 Å². The van der Waals surface area contributed by atoms with Gasteiger partial charge in [0.15, 0.2) is 11.5 Å². The van der Waals surface area contributed by atoms with E-state index in [9.17, 15) is 9.59 Å². The SMILES string of the molecule is COc1ccc(C(=O)NCC2CCN(C(=O)c3cccnc3)CC2)c(OC)c1OC. The van der Waals surface area contributed by atoms with Crippen LogP contribution in [0.1, 0.15) is 33.6 Å². The largest absolute Gasteiger partial charge is 0.493 e. The van der Waals surface area contributed by atoms with Crippen molar-refractivity contribution in [3.8, 4) is 17.2 Å². The molecule has 1 saturated heterocycles. The average Bonchev–Trinajstić information content (AvgIpc) is 2.81. The van der Waals surface area contributed by atoms with Gasteiger partial charge >= 0.3 is 0 Å². The Kier molecular flexibility index (Phi) is 7.11. The van der Waals surface area contributed by atoms with Gasteiger partial charge in [-0.2, -0.15) is 0 Å². The maximum atomic E-state index is 12.7. The molecule has 160 valence electrons. The summed E-state index contributed by atoms with van der Waals surface area (Å²) < 4.78 is 16.0. The molecule has 0 saturated carbocycles. The van der Waals surface area contributed by atoms with Crippen molar-refractivity contribution in [2.24, 2.45) is 5.92 Å². The van der Waals surface area contributed by atoms with Crippen molar-refractivity contribution in [1.29, 1.82) is 0 Å². The molecule has 3 rings (SSSR count). The highest BCUT2D eigenvalue weighted by molar-refractivity contribution is 5.98. The lowest BCUT2D eigenvalue weighted by atomic mass is 9.96. The topological polar surface area (TPSA) is 90.0 Å². The number of methoxy groups -OCH3 is 3. The summed E-state index contributed by atoms with van der Waals surface area (Å²) in [5.41, 5.74) is 0.990. The third kappa shape index (κ3) is 4.64. The summed E-state index contributed by atoms with van der Waals surface area (Å²) in [6.45, 7) is 1.85. The number of carbonyl (C=O) groups excluding carboxylic acids is 2. The lowest BCUT2D eigenvalue weighted by Gasteiger charge is -2.32. The maximum absolute atomic E-state index is 12.7. The van der Waals surface area contributed by atoms with Crippen molar-refractivity contribution in [2.45, 2.75) is 12.8 Å². The standard InChI is InChI=1S/C22H27N3O5/c1-28-18-7-6-17(19(29-2)20(18)30-3)21(26)24-13-15-8-11-25(12-9-15)22(27)16-5-4-10-23-14-16/h4-7,10,14-15H,8-9,11-13H2,1-3H3,(H,24,26). The fraction of sp³-hybridized carbons (Fsp3) is 0.409. The van der Waals surface area contributed by atoms with Gasteiger partial charge in [0.2, 0.25) is 5.75 Å². The van der Waals surface area contributed by atoms with E-state index >= 15 is 0 Å². The zero-order chi connectivity index (χ0) is 21.5. The van der Waals surface area contributed by atoms with Crippen molar-refractivity contribution in [1.82, 2.24) is 15.2 Å². The van der Waals surface area contributed by atoms with E-state index in [0.717, 1.165) is 12.8 Å². The molecule has 2 heterocycles. The summed E-state index contributed by atoms with van der Waals surface area (Å²) >= 11 is 0. The van der Waals surface area contributed by atoms with Crippen LogP contribution in [0.4, 0.5) is 0 Å². The predicted octanol–water partition coefficient (Wildman–Crippen LogP) is 2.39. The van der Waals surface area contributed by atoms with Gasteiger partial charge in [-0.05, 0) is 43.0 Å². The maximum Gasteiger partial charge on any atom is 0.255 e. The Bertz CT molecular complexity index is 880. The summed E-state index contributed by atoms with van der Waals surface area (Å²) in [6, 6.07) is 6.87. The summed E-state index contributed by atoms with van der Waals surface area (Å²) in [6.07, 6.45) is 4.90. The molecule has 0 atom stereocenters. The molecule has 8 heteroatoms. The van der Waals surface area contributed by atoms with Gasteiger partial charge in [0.05, 0.1) is 32.5 Å². The molecule has 0 aliphatic carbocycles. The molecular formula is C22H27N3O5. The van der Waals surface area contributed by atoms with Crippen LogP contribution in [-0.4, -0.2) is 62.7 Å². The van der Waals surface area contributed by atoms with E-state index in [0.29, 0.717) is 53.9 Å². The summed E-state index contributed by atoms with van der Waals surface area (Å²) in [7, 11) is 4.52. The number of nitrogens with zero attached hydrogens (tertiary/aromatic N) is 2. The molecule has 0 spiro atoms. The van der Waals surface area contributed by atoms with E-state index in [-0.39, 0.29) is 11.8 Å². The number of benzene rings is 1. The number of amides is 2. The summed E-state index contributed by atoms with van der Waals surface area (Å²) in [5, 5.41) is 2.98. The second-order valence-corrected chi connectivity index (χ2v) is 7.07. The number of piperidine rings is 1. The minimum atomic E-state index is -0.235. The molecule has 1 aliphatic rings. The first-order valence-electron chi connectivity index (χ1n) is 9.85. The van der Waals surface area contributed by atoms with Crippen LogP contribution >= 0.6 is 0 Å². The Morgan fingerprint density at radius 2 is 1.80 bits per heavy atom. The van der Waals surface area contributed by atoms with Gasteiger partial charge in [-0.3, -0.25) is 14.6 Å². The first-order chi connectivity index (χ1) is 14.6. The van der Waals surface area contributed by atoms with E-state index in [1.807, 2.05) is 4.90 Å². The molecule has 0 unspecified atom stereocenters. The highest BCUT2D eigenvalue weighted by Gasteiger charge is 2.25. The lowest BCUT2D eigenvalue weighted by molar-refractivity contribution is 0.0683. The Labute approximate surface area is 176 Å². The van der Waals surface area contributed by atoms with Crippen molar-refractivity contribution < 1.29 is 23.8 Å². The van der Waals surface area contributed by atoms with Crippen LogP contribution in [0.25, 0.3) is 0 Å². The first-order valence-corrected chi connectivity index (χ1v) is 9.85. The molecule has 1 aromatic carbocycles. The van der Waals surface area contributed by atoms with Crippen molar-refractivity contribution in [3.63, 3.8) is 0 Å². The fourth-order valence-electron chi connectivity index (χ4n) is 3.62. The molecule has 2 amide bonds. The van der Waals surface area contributed by atoms with Gasteiger partial charge in [-0.25, -0.2) is 0 Å². The highest BCUT2D eigenvalue weighted by Crippen LogP contribution is 2.39. The van der Waals surface area contributed by atoms with E-state index < -0.39 is 0 Å². The van der Waals surface area contributed by atoms with Crippen LogP contribution in [0.3, 0.4) is 0 Å². The molecule has 1 aromatic heterocycles. The number of nitrogens with one attached hydrogen (secondary N) is 1. The second kappa shape index (κ2) is 9.96. The van der Waals surface area contributed by atoms with Crippen LogP contribution in [-0.2, 0) is 0 Å². The minimum Gasteiger partial charge on any atom is -0.493 e. The van der Waals surface area contributed by atoms with Gasteiger partial charge in [0.1, 0.15) is 0 Å². The Balaban J connectivity index is 1.56. The van der Waals surface area contributed by atoms with Gasteiger partial charge in [-0.1, -0.05) is 0 Å². The number of aromatic nitrogens is 1. The zero-order valence-electron chi connectivity index (χ0n) is 17.5. The molecular weight excluding hydrogens is 386 g/mol. The molecule has 0 bridgehead atoms. The quantitative estimate of drug-likeness (QED) is 0.750. The van der Waals surface area contributed by atoms with E-state index in [1.165, 1.54) is 21.3 Å². The number of ether oxygens (including phenoxy) is 3. The van der Waals surface area contributed by atoms with Crippen LogP contribution < -0.4 is 19.5 Å². The highest BCUT2D eigenvalue weighted by atomic mass is 16.5. The number of rotatable bonds is 7. The lowest BCUT2D eigenvalue weighted by Crippen LogP contribution is -2.41. The monoisotopic (exact) mass is 413 g/mol. The molecule has 2 aromatic rings. The van der Waals surface area contributed by atoms with Gasteiger partial charge in [-0.15, -0.1) is 0 Å². The van der Waals surface area contributed by atoms with Crippen molar-refractivity contribution >= 4 is 11.8 Å². The minimum absolute atomic E-state index is 0.000602. The van der Waals surface area contributed by atoms with E-state index in [2.05, 4.69) is 10.3 Å². The molecule has 8 nitrogen and oxygen atoms in total. The number of likely N-dealkylation sites (tertiary alicyclic amines) is 1. The number of pyridine rings is 1. The molecule has 1 fully saturated rings. The van der Waals surface area contributed by atoms with Gasteiger partial charge in [0, 0.05) is 32.0 Å². The number of hydrogen-bond acceptors (Lipinski definition) is 6. The van der Waals surface area contributed by atoms with E-state index in [4.69, 9.17) is 14.2 Å². The van der Waals surface area contributed by atoms with Gasteiger partial charge < -0.3 is 24.4 Å². The average molecular weight is 413 g/mol. The fourth-order valence-corrected chi connectivity index (χ4v) is 3.62. The molecule has 1 aliphatic heterocycles. The number of hydrogen-bond donors (Lipinski definition) is 1. The van der Waals surface area contributed by atoms with Crippen LogP contribution in [0.15, 0.2) is 36.7 Å². The van der Waals surface area contributed by atoms with Crippen LogP contribution in [0.2, 0.25) is 0 Å². The van der Waals surface area contributed by atoms with Gasteiger partial charge in [0.25, 0.3) is 11.8 Å². The Morgan fingerprint density at radius 1 is 1.07 bits per heavy atom. The Morgan fingerprint density at radius 3 is 2.40 bits per heavy atom. The normalized spacial score (nSPS) is 14.2. The van der Waals surface area contributed by atoms with Crippen LogP contribution in [0, 0.1) is 5.92 Å². The smallest absolute Gasteiger partial charge is 0.255 e. The second-order valence-electron chi connectivity index (χ2n) is 7.07. The number of carbonyl (C=O) groups is 2. The summed E-state index contributed by atoms with van der Waals surface area (Å²) in [4.78, 5) is 31.1. The molecule has 30 heavy (non-hydrogen) atoms. The Hall–Kier alpha value is -3.29. The zero-order valence-corrected chi connectivity index (χ0v) is 17.5. The van der Waals surface area contributed by atoms with Crippen molar-refractivity contribution in [2.75, 3.05) is 41.0 Å². The third-order valence-electron chi connectivity index (χ3n) is 5.31. The van der Waals surface area contributed by atoms with Crippen LogP contribution in [0.5, 0.6) is 17.2 Å². The third-order valence-corrected chi connectivity index (χ3v) is 5.31. The summed E-state index contributed by atoms with van der Waals surface area (Å²) in [5.74, 6) is 1.29. The predicted molar refractivity (Wildman–Crippen MR) is 111 cm³/mol.